The third-order valence-corrected chi connectivity index (χ3v) is 6.21. The second-order valence-corrected chi connectivity index (χ2v) is 8.38. The molecule has 1 saturated heterocycles. The molecular formula is C24H29N7O3. The van der Waals surface area contributed by atoms with Crippen molar-refractivity contribution in [3.8, 4) is 12.1 Å². The first kappa shape index (κ1) is 23.3. The molecule has 2 aliphatic heterocycles. The quantitative estimate of drug-likeness (QED) is 0.539. The molecule has 10 nitrogen and oxygen atoms in total. The minimum Gasteiger partial charge on any atom is -0.481 e. The topological polar surface area (TPSA) is 127 Å². The van der Waals surface area contributed by atoms with Gasteiger partial charge in [0.2, 0.25) is 18.0 Å². The first-order chi connectivity index (χ1) is 16.6. The number of ether oxygens (including phenoxy) is 1. The molecule has 0 aromatic carbocycles. The van der Waals surface area contributed by atoms with Gasteiger partial charge in [-0.3, -0.25) is 4.79 Å². The molecule has 1 atom stereocenters. The number of aromatic nitrogens is 2. The van der Waals surface area contributed by atoms with Crippen molar-refractivity contribution in [1.82, 2.24) is 19.8 Å². The molecule has 10 heteroatoms. The number of aliphatic carboxylic acids is 1. The van der Waals surface area contributed by atoms with Crippen LogP contribution >= 0.6 is 0 Å². The molecule has 178 valence electrons. The van der Waals surface area contributed by atoms with E-state index in [1.54, 1.807) is 12.3 Å². The second-order valence-electron chi connectivity index (χ2n) is 8.38. The molecule has 34 heavy (non-hydrogen) atoms. The fourth-order valence-corrected chi connectivity index (χ4v) is 4.54. The smallest absolute Gasteiger partial charge is 0.305 e. The highest BCUT2D eigenvalue weighted by atomic mass is 16.5. The minimum absolute atomic E-state index is 0.127. The van der Waals surface area contributed by atoms with Crippen LogP contribution < -0.4 is 10.1 Å². The summed E-state index contributed by atoms with van der Waals surface area (Å²) in [5.74, 6) is 1.03. The van der Waals surface area contributed by atoms with Gasteiger partial charge < -0.3 is 25.0 Å². The highest BCUT2D eigenvalue weighted by Gasteiger charge is 2.34. The SMILES string of the molecule is COc1ccc(C(CC(=O)O)N2CCN(CCCc3ccc4c(n3)NCCC4)C2=NC#N)cn1. The molecule has 0 spiro atoms. The number of nitrogens with zero attached hydrogens (tertiary/aromatic N) is 6. The van der Waals surface area contributed by atoms with Crippen molar-refractivity contribution in [2.24, 2.45) is 4.99 Å². The predicted molar refractivity (Wildman–Crippen MR) is 126 cm³/mol. The van der Waals surface area contributed by atoms with Crippen molar-refractivity contribution in [3.05, 3.63) is 47.3 Å². The van der Waals surface area contributed by atoms with E-state index in [0.717, 1.165) is 49.3 Å². The summed E-state index contributed by atoms with van der Waals surface area (Å²) >= 11 is 0. The van der Waals surface area contributed by atoms with Gasteiger partial charge in [0.05, 0.1) is 19.6 Å². The lowest BCUT2D eigenvalue weighted by Gasteiger charge is -2.29. The highest BCUT2D eigenvalue weighted by Crippen LogP contribution is 2.29. The molecule has 1 unspecified atom stereocenters. The summed E-state index contributed by atoms with van der Waals surface area (Å²) in [4.78, 5) is 28.6. The molecule has 0 saturated carbocycles. The molecule has 2 aliphatic rings. The molecule has 4 heterocycles. The van der Waals surface area contributed by atoms with E-state index in [0.29, 0.717) is 31.5 Å². The van der Waals surface area contributed by atoms with Crippen LogP contribution in [-0.2, 0) is 17.6 Å². The van der Waals surface area contributed by atoms with Crippen molar-refractivity contribution < 1.29 is 14.6 Å². The summed E-state index contributed by atoms with van der Waals surface area (Å²) in [6.45, 7) is 2.90. The maximum absolute atomic E-state index is 11.6. The molecule has 2 aromatic rings. The van der Waals surface area contributed by atoms with Crippen LogP contribution in [-0.4, -0.2) is 70.1 Å². The van der Waals surface area contributed by atoms with Gasteiger partial charge in [-0.05, 0) is 42.9 Å². The Kier molecular flexibility index (Phi) is 7.42. The summed E-state index contributed by atoms with van der Waals surface area (Å²) < 4.78 is 5.12. The number of nitrogens with one attached hydrogen (secondary N) is 1. The zero-order valence-corrected chi connectivity index (χ0v) is 19.3. The van der Waals surface area contributed by atoms with Crippen LogP contribution in [0.1, 0.15) is 42.1 Å². The van der Waals surface area contributed by atoms with Crippen molar-refractivity contribution in [3.63, 3.8) is 0 Å². The number of carboxylic acid groups (broad SMARTS) is 1. The van der Waals surface area contributed by atoms with Gasteiger partial charge in [0, 0.05) is 44.1 Å². The molecule has 0 aliphatic carbocycles. The molecular weight excluding hydrogens is 434 g/mol. The molecule has 0 bridgehead atoms. The minimum atomic E-state index is -0.928. The molecule has 1 fully saturated rings. The average Bonchev–Trinajstić information content (AvgIpc) is 3.25. The highest BCUT2D eigenvalue weighted by molar-refractivity contribution is 5.84. The van der Waals surface area contributed by atoms with Gasteiger partial charge >= 0.3 is 5.97 Å². The number of carbonyl (C=O) groups is 1. The van der Waals surface area contributed by atoms with E-state index in [9.17, 15) is 15.2 Å². The maximum atomic E-state index is 11.6. The van der Waals surface area contributed by atoms with E-state index in [4.69, 9.17) is 9.72 Å². The van der Waals surface area contributed by atoms with Crippen LogP contribution in [0, 0.1) is 11.5 Å². The van der Waals surface area contributed by atoms with Gasteiger partial charge in [-0.1, -0.05) is 12.1 Å². The number of hydrogen-bond acceptors (Lipinski definition) is 7. The molecule has 2 aromatic heterocycles. The van der Waals surface area contributed by atoms with Gasteiger partial charge in [-0.25, -0.2) is 9.97 Å². The lowest BCUT2D eigenvalue weighted by Crippen LogP contribution is -2.37. The third kappa shape index (κ3) is 5.36. The van der Waals surface area contributed by atoms with Gasteiger partial charge in [-0.2, -0.15) is 5.26 Å². The number of aryl methyl sites for hydroxylation is 2. The molecule has 0 radical (unpaired) electrons. The maximum Gasteiger partial charge on any atom is 0.305 e. The summed E-state index contributed by atoms with van der Waals surface area (Å²) in [6, 6.07) is 7.28. The van der Waals surface area contributed by atoms with Gasteiger partial charge in [0.25, 0.3) is 0 Å². The second kappa shape index (κ2) is 10.8. The molecule has 4 rings (SSSR count). The fraction of sp³-hybridized carbons (Fsp3) is 0.458. The number of anilines is 1. The number of pyridine rings is 2. The number of aliphatic imine (C=N–C) groups is 1. The van der Waals surface area contributed by atoms with Gasteiger partial charge in [-0.15, -0.1) is 4.99 Å². The van der Waals surface area contributed by atoms with E-state index in [2.05, 4.69) is 27.4 Å². The van der Waals surface area contributed by atoms with Crippen LogP contribution in [0.4, 0.5) is 5.82 Å². The lowest BCUT2D eigenvalue weighted by molar-refractivity contribution is -0.138. The van der Waals surface area contributed by atoms with E-state index in [1.165, 1.54) is 12.7 Å². The number of carboxylic acids is 1. The number of nitriles is 1. The van der Waals surface area contributed by atoms with Crippen LogP contribution in [0.5, 0.6) is 5.88 Å². The summed E-state index contributed by atoms with van der Waals surface area (Å²) in [5, 5.41) is 22.2. The van der Waals surface area contributed by atoms with Crippen molar-refractivity contribution in [2.45, 2.75) is 38.1 Å². The van der Waals surface area contributed by atoms with Crippen molar-refractivity contribution >= 4 is 17.7 Å². The monoisotopic (exact) mass is 463 g/mol. The first-order valence-electron chi connectivity index (χ1n) is 11.5. The van der Waals surface area contributed by atoms with E-state index >= 15 is 0 Å². The number of hydrogen-bond donors (Lipinski definition) is 2. The average molecular weight is 464 g/mol. The predicted octanol–water partition coefficient (Wildman–Crippen LogP) is 2.45. The normalized spacial score (nSPS) is 17.1. The Hall–Kier alpha value is -3.87. The van der Waals surface area contributed by atoms with Crippen molar-refractivity contribution in [1.29, 1.82) is 5.26 Å². The van der Waals surface area contributed by atoms with Gasteiger partial charge in [0.1, 0.15) is 5.82 Å². The number of fused-ring (bicyclic) bond motifs is 1. The Balaban J connectivity index is 1.44. The summed E-state index contributed by atoms with van der Waals surface area (Å²) in [6.07, 6.45) is 7.24. The Bertz CT molecular complexity index is 1080. The van der Waals surface area contributed by atoms with E-state index in [1.807, 2.05) is 22.1 Å². The number of rotatable bonds is 9. The first-order valence-corrected chi connectivity index (χ1v) is 11.5. The van der Waals surface area contributed by atoms with Gasteiger partial charge in [0.15, 0.2) is 0 Å². The van der Waals surface area contributed by atoms with Crippen LogP contribution in [0.25, 0.3) is 0 Å². The third-order valence-electron chi connectivity index (χ3n) is 6.21. The Morgan fingerprint density at radius 3 is 2.97 bits per heavy atom. The zero-order valence-electron chi connectivity index (χ0n) is 19.3. The van der Waals surface area contributed by atoms with Crippen LogP contribution in [0.15, 0.2) is 35.5 Å². The van der Waals surface area contributed by atoms with Crippen LogP contribution in [0.2, 0.25) is 0 Å². The largest absolute Gasteiger partial charge is 0.481 e. The fourth-order valence-electron chi connectivity index (χ4n) is 4.54. The molecule has 0 amide bonds. The lowest BCUT2D eigenvalue weighted by atomic mass is 10.0. The van der Waals surface area contributed by atoms with E-state index < -0.39 is 12.0 Å². The number of guanidine groups is 1. The Morgan fingerprint density at radius 1 is 1.35 bits per heavy atom. The standard InChI is InChI=1S/C24H29N7O3/c1-34-21-9-7-18(15-27-21)20(14-22(32)33)31-13-12-30(24(31)28-16-25)11-3-5-19-8-6-17-4-2-10-26-23(17)29-19/h6-9,15,20H,2-5,10-14H2,1H3,(H,26,29)(H,32,33). The van der Waals surface area contributed by atoms with Crippen LogP contribution in [0.3, 0.4) is 0 Å². The zero-order chi connectivity index (χ0) is 23.9. The van der Waals surface area contributed by atoms with E-state index in [-0.39, 0.29) is 6.42 Å². The number of methoxy groups -OCH3 is 1. The Labute approximate surface area is 198 Å². The summed E-state index contributed by atoms with van der Waals surface area (Å²) in [7, 11) is 1.53. The van der Waals surface area contributed by atoms with Crippen molar-refractivity contribution in [2.75, 3.05) is 38.6 Å². The molecule has 2 N–H and O–H groups in total. The summed E-state index contributed by atoms with van der Waals surface area (Å²) in [5.41, 5.74) is 3.05. The Morgan fingerprint density at radius 2 is 2.24 bits per heavy atom.